The van der Waals surface area contributed by atoms with E-state index in [0.29, 0.717) is 36.8 Å². The van der Waals surface area contributed by atoms with Crippen LogP contribution in [0.5, 0.6) is 0 Å². The van der Waals surface area contributed by atoms with Crippen molar-refractivity contribution in [3.05, 3.63) is 46.9 Å². The van der Waals surface area contributed by atoms with Crippen LogP contribution in [0.15, 0.2) is 40.5 Å². The Morgan fingerprint density at radius 2 is 1.59 bits per heavy atom. The SMILES string of the molecule is CC1(C)CC(=O)C2C(=NC3=C(C(=O)CC(C)(C)C3)[C@H]2c2ccccc2F)C1. The number of rotatable bonds is 1. The molecule has 0 radical (unpaired) electrons. The van der Waals surface area contributed by atoms with E-state index in [-0.39, 0.29) is 28.2 Å². The Balaban J connectivity index is 1.94. The molecule has 1 unspecified atom stereocenters. The molecular weight excluding hydrogens is 341 g/mol. The fraction of sp³-hybridized carbons (Fsp3) is 0.522. The summed E-state index contributed by atoms with van der Waals surface area (Å²) in [6.07, 6.45) is 2.24. The zero-order valence-electron chi connectivity index (χ0n) is 16.4. The summed E-state index contributed by atoms with van der Waals surface area (Å²) in [5.41, 5.74) is 2.29. The van der Waals surface area contributed by atoms with Gasteiger partial charge in [0.05, 0.1) is 5.92 Å². The fourth-order valence-electron chi connectivity index (χ4n) is 5.07. The first-order chi connectivity index (χ1) is 12.6. The molecule has 0 bridgehead atoms. The van der Waals surface area contributed by atoms with Crippen molar-refractivity contribution in [2.75, 3.05) is 0 Å². The van der Waals surface area contributed by atoms with Crippen molar-refractivity contribution >= 4 is 17.3 Å². The van der Waals surface area contributed by atoms with Crippen molar-refractivity contribution in [2.24, 2.45) is 21.7 Å². The van der Waals surface area contributed by atoms with Gasteiger partial charge in [-0.25, -0.2) is 4.39 Å². The standard InChI is InChI=1S/C23H26FNO2/c1-22(2)9-15-20(17(26)11-22)19(13-7-5-6-8-14(13)24)21-16(25-15)10-23(3,4)12-18(21)27/h5-8,19-20H,9-12H2,1-4H3/t19-,20?/m0/s1. The number of hydrogen-bond acceptors (Lipinski definition) is 3. The van der Waals surface area contributed by atoms with Gasteiger partial charge in [0.1, 0.15) is 11.6 Å². The molecular formula is C23H26FNO2. The number of fused-ring (bicyclic) bond motifs is 1. The van der Waals surface area contributed by atoms with Crippen LogP contribution in [0.2, 0.25) is 0 Å². The summed E-state index contributed by atoms with van der Waals surface area (Å²) in [7, 11) is 0. The highest BCUT2D eigenvalue weighted by Gasteiger charge is 2.50. The molecule has 27 heavy (non-hydrogen) atoms. The lowest BCUT2D eigenvalue weighted by molar-refractivity contribution is -0.124. The number of aliphatic imine (C=N–C) groups is 1. The van der Waals surface area contributed by atoms with Crippen molar-refractivity contribution < 1.29 is 14.0 Å². The summed E-state index contributed by atoms with van der Waals surface area (Å²) in [5, 5.41) is 0. The van der Waals surface area contributed by atoms with Gasteiger partial charge in [-0.3, -0.25) is 14.6 Å². The molecule has 0 N–H and O–H groups in total. The topological polar surface area (TPSA) is 46.5 Å². The van der Waals surface area contributed by atoms with E-state index in [1.165, 1.54) is 6.07 Å². The van der Waals surface area contributed by atoms with Crippen LogP contribution in [0.1, 0.15) is 64.9 Å². The third-order valence-electron chi connectivity index (χ3n) is 6.08. The summed E-state index contributed by atoms with van der Waals surface area (Å²) in [6.45, 7) is 8.27. The predicted molar refractivity (Wildman–Crippen MR) is 103 cm³/mol. The van der Waals surface area contributed by atoms with Gasteiger partial charge in [0.25, 0.3) is 0 Å². The first-order valence-electron chi connectivity index (χ1n) is 9.69. The maximum absolute atomic E-state index is 14.8. The highest BCUT2D eigenvalue weighted by molar-refractivity contribution is 6.13. The molecule has 2 aliphatic carbocycles. The molecule has 0 spiro atoms. The second kappa shape index (κ2) is 5.95. The lowest BCUT2D eigenvalue weighted by Crippen LogP contribution is -2.45. The van der Waals surface area contributed by atoms with Crippen molar-refractivity contribution in [1.29, 1.82) is 0 Å². The molecule has 0 aromatic heterocycles. The molecule has 1 aliphatic heterocycles. The number of halogens is 1. The van der Waals surface area contributed by atoms with E-state index in [1.54, 1.807) is 18.2 Å². The normalized spacial score (nSPS) is 29.1. The number of benzene rings is 1. The number of nitrogens with zero attached hydrogens (tertiary/aromatic N) is 1. The van der Waals surface area contributed by atoms with Crippen molar-refractivity contribution in [3.63, 3.8) is 0 Å². The molecule has 3 nitrogen and oxygen atoms in total. The Kier molecular flexibility index (Phi) is 4.03. The summed E-state index contributed by atoms with van der Waals surface area (Å²) in [6, 6.07) is 6.55. The Bertz CT molecular complexity index is 907. The van der Waals surface area contributed by atoms with Gasteiger partial charge < -0.3 is 0 Å². The van der Waals surface area contributed by atoms with Gasteiger partial charge in [-0.15, -0.1) is 0 Å². The zero-order chi connectivity index (χ0) is 19.6. The van der Waals surface area contributed by atoms with Crippen LogP contribution >= 0.6 is 0 Å². The lowest BCUT2D eigenvalue weighted by atomic mass is 9.60. The second-order valence-corrected chi connectivity index (χ2v) is 9.87. The monoisotopic (exact) mass is 367 g/mol. The Hall–Kier alpha value is -2.10. The van der Waals surface area contributed by atoms with E-state index < -0.39 is 11.8 Å². The van der Waals surface area contributed by atoms with Crippen LogP contribution in [0, 0.1) is 22.6 Å². The Morgan fingerprint density at radius 1 is 0.926 bits per heavy atom. The molecule has 4 heteroatoms. The number of hydrogen-bond donors (Lipinski definition) is 0. The minimum absolute atomic E-state index is 0.00920. The first kappa shape index (κ1) is 18.3. The maximum atomic E-state index is 14.8. The van der Waals surface area contributed by atoms with Gasteiger partial charge in [-0.05, 0) is 35.3 Å². The Morgan fingerprint density at radius 3 is 2.30 bits per heavy atom. The molecule has 1 heterocycles. The van der Waals surface area contributed by atoms with E-state index in [2.05, 4.69) is 27.7 Å². The minimum Gasteiger partial charge on any atom is -0.299 e. The van der Waals surface area contributed by atoms with Crippen LogP contribution in [0.25, 0.3) is 0 Å². The van der Waals surface area contributed by atoms with Crippen LogP contribution in [-0.4, -0.2) is 17.3 Å². The highest BCUT2D eigenvalue weighted by atomic mass is 19.1. The second-order valence-electron chi connectivity index (χ2n) is 9.87. The van der Waals surface area contributed by atoms with Crippen LogP contribution in [0.3, 0.4) is 0 Å². The van der Waals surface area contributed by atoms with Crippen molar-refractivity contribution in [3.8, 4) is 0 Å². The van der Waals surface area contributed by atoms with Crippen LogP contribution in [-0.2, 0) is 9.59 Å². The van der Waals surface area contributed by atoms with E-state index in [1.807, 2.05) is 0 Å². The third kappa shape index (κ3) is 3.09. The quantitative estimate of drug-likeness (QED) is 0.700. The van der Waals surface area contributed by atoms with Crippen molar-refractivity contribution in [2.45, 2.75) is 59.3 Å². The third-order valence-corrected chi connectivity index (χ3v) is 6.08. The smallest absolute Gasteiger partial charge is 0.161 e. The van der Waals surface area contributed by atoms with Gasteiger partial charge in [0, 0.05) is 35.7 Å². The average Bonchev–Trinajstić information content (AvgIpc) is 2.51. The van der Waals surface area contributed by atoms with E-state index in [0.717, 1.165) is 11.4 Å². The molecule has 0 amide bonds. The molecule has 4 rings (SSSR count). The number of ketones is 2. The Labute approximate surface area is 159 Å². The van der Waals surface area contributed by atoms with Gasteiger partial charge in [0.2, 0.25) is 0 Å². The molecule has 142 valence electrons. The highest BCUT2D eigenvalue weighted by Crippen LogP contribution is 2.51. The molecule has 3 aliphatic rings. The van der Waals surface area contributed by atoms with Crippen LogP contribution < -0.4 is 0 Å². The first-order valence-corrected chi connectivity index (χ1v) is 9.69. The van der Waals surface area contributed by atoms with E-state index in [9.17, 15) is 14.0 Å². The molecule has 0 saturated heterocycles. The van der Waals surface area contributed by atoms with E-state index >= 15 is 0 Å². The van der Waals surface area contributed by atoms with Gasteiger partial charge >= 0.3 is 0 Å². The van der Waals surface area contributed by atoms with Crippen molar-refractivity contribution in [1.82, 2.24) is 0 Å². The molecule has 1 aromatic carbocycles. The van der Waals surface area contributed by atoms with Crippen LogP contribution in [0.4, 0.5) is 4.39 Å². The molecule has 1 saturated carbocycles. The minimum atomic E-state index is -0.541. The molecule has 2 atom stereocenters. The maximum Gasteiger partial charge on any atom is 0.161 e. The summed E-state index contributed by atoms with van der Waals surface area (Å²) in [4.78, 5) is 31.1. The van der Waals surface area contributed by atoms with Gasteiger partial charge in [0.15, 0.2) is 5.78 Å². The zero-order valence-corrected chi connectivity index (χ0v) is 16.4. The fourth-order valence-corrected chi connectivity index (χ4v) is 5.07. The van der Waals surface area contributed by atoms with Gasteiger partial charge in [-0.2, -0.15) is 0 Å². The number of carbonyl (C=O) groups is 2. The molecule has 1 aromatic rings. The number of Topliss-reactive ketones (excluding diaryl/α,β-unsaturated/α-hetero) is 2. The van der Waals surface area contributed by atoms with Gasteiger partial charge in [-0.1, -0.05) is 45.9 Å². The summed E-state index contributed by atoms with van der Waals surface area (Å²) in [5.74, 6) is -1.33. The largest absolute Gasteiger partial charge is 0.299 e. The summed E-state index contributed by atoms with van der Waals surface area (Å²) >= 11 is 0. The lowest BCUT2D eigenvalue weighted by Gasteiger charge is -2.44. The number of carbonyl (C=O) groups excluding carboxylic acids is 2. The number of allylic oxidation sites excluding steroid dienone is 2. The predicted octanol–water partition coefficient (Wildman–Crippen LogP) is 5.01. The van der Waals surface area contributed by atoms with E-state index in [4.69, 9.17) is 4.99 Å². The summed E-state index contributed by atoms with van der Waals surface area (Å²) < 4.78 is 14.8. The molecule has 1 fully saturated rings. The average molecular weight is 367 g/mol.